The van der Waals surface area contributed by atoms with Crippen molar-refractivity contribution in [2.75, 3.05) is 5.32 Å². The number of hydrogen-bond donors (Lipinski definition) is 1. The second kappa shape index (κ2) is 4.58. The predicted octanol–water partition coefficient (Wildman–Crippen LogP) is 2.99. The summed E-state index contributed by atoms with van der Waals surface area (Å²) in [5, 5.41) is 8.21. The molecular formula is C12H14ClN3. The molecule has 84 valence electrons. The minimum absolute atomic E-state index is 0.746. The van der Waals surface area contributed by atoms with Gasteiger partial charge in [0.25, 0.3) is 0 Å². The van der Waals surface area contributed by atoms with Crippen LogP contribution >= 0.6 is 11.6 Å². The molecule has 0 fully saturated rings. The normalized spacial score (nSPS) is 10.4. The zero-order valence-electron chi connectivity index (χ0n) is 9.37. The van der Waals surface area contributed by atoms with Crippen LogP contribution in [-0.4, -0.2) is 9.78 Å². The fraction of sp³-hybridized carbons (Fsp3) is 0.250. The summed E-state index contributed by atoms with van der Waals surface area (Å²) in [5.41, 5.74) is 3.25. The molecule has 0 aliphatic rings. The van der Waals surface area contributed by atoms with Gasteiger partial charge >= 0.3 is 0 Å². The van der Waals surface area contributed by atoms with Gasteiger partial charge in [-0.15, -0.1) is 0 Å². The summed E-state index contributed by atoms with van der Waals surface area (Å²) >= 11 is 6.05. The third-order valence-electron chi connectivity index (χ3n) is 2.57. The second-order valence-electron chi connectivity index (χ2n) is 3.76. The monoisotopic (exact) mass is 235 g/mol. The van der Waals surface area contributed by atoms with Crippen LogP contribution in [0.4, 0.5) is 5.69 Å². The zero-order valence-corrected chi connectivity index (χ0v) is 10.1. The van der Waals surface area contributed by atoms with Gasteiger partial charge < -0.3 is 5.32 Å². The summed E-state index contributed by atoms with van der Waals surface area (Å²) in [6.45, 7) is 2.74. The lowest BCUT2D eigenvalue weighted by Gasteiger charge is -2.08. The molecule has 0 saturated heterocycles. The van der Waals surface area contributed by atoms with E-state index in [9.17, 15) is 0 Å². The number of rotatable bonds is 3. The highest BCUT2D eigenvalue weighted by Gasteiger charge is 2.00. The maximum absolute atomic E-state index is 6.05. The third-order valence-corrected chi connectivity index (χ3v) is 2.98. The molecule has 0 radical (unpaired) electrons. The van der Waals surface area contributed by atoms with Crippen LogP contribution in [0.3, 0.4) is 0 Å². The van der Waals surface area contributed by atoms with E-state index in [1.807, 2.05) is 42.9 Å². The van der Waals surface area contributed by atoms with E-state index in [4.69, 9.17) is 11.6 Å². The standard InChI is InChI=1S/C12H14ClN3/c1-9-3-4-10(7-12(9)13)14-8-11-5-6-15-16(11)2/h3-7,14H,8H2,1-2H3. The van der Waals surface area contributed by atoms with Crippen molar-refractivity contribution >= 4 is 17.3 Å². The quantitative estimate of drug-likeness (QED) is 0.887. The number of halogens is 1. The van der Waals surface area contributed by atoms with Crippen molar-refractivity contribution in [1.29, 1.82) is 0 Å². The van der Waals surface area contributed by atoms with Crippen LogP contribution in [0.25, 0.3) is 0 Å². The number of aromatic nitrogens is 2. The number of nitrogens with one attached hydrogen (secondary N) is 1. The molecule has 0 bridgehead atoms. The van der Waals surface area contributed by atoms with E-state index in [0.717, 1.165) is 28.5 Å². The molecule has 1 N–H and O–H groups in total. The van der Waals surface area contributed by atoms with Crippen LogP contribution in [0.15, 0.2) is 30.5 Å². The lowest BCUT2D eigenvalue weighted by molar-refractivity contribution is 0.720. The average Bonchev–Trinajstić information content (AvgIpc) is 2.66. The van der Waals surface area contributed by atoms with Gasteiger partial charge in [-0.25, -0.2) is 0 Å². The van der Waals surface area contributed by atoms with Gasteiger partial charge in [0.05, 0.1) is 12.2 Å². The highest BCUT2D eigenvalue weighted by atomic mass is 35.5. The van der Waals surface area contributed by atoms with E-state index >= 15 is 0 Å². The summed E-state index contributed by atoms with van der Waals surface area (Å²) in [5.74, 6) is 0. The summed E-state index contributed by atoms with van der Waals surface area (Å²) in [6, 6.07) is 7.96. The van der Waals surface area contributed by atoms with E-state index in [1.165, 1.54) is 0 Å². The lowest BCUT2D eigenvalue weighted by Crippen LogP contribution is -2.05. The molecule has 0 atom stereocenters. The van der Waals surface area contributed by atoms with Crippen molar-refractivity contribution in [2.45, 2.75) is 13.5 Å². The topological polar surface area (TPSA) is 29.9 Å². The van der Waals surface area contributed by atoms with Gasteiger partial charge in [0, 0.05) is 24.0 Å². The fourth-order valence-electron chi connectivity index (χ4n) is 1.47. The Bertz CT molecular complexity index is 491. The van der Waals surface area contributed by atoms with Crippen molar-refractivity contribution in [3.63, 3.8) is 0 Å². The summed E-state index contributed by atoms with van der Waals surface area (Å²) in [4.78, 5) is 0. The van der Waals surface area contributed by atoms with Gasteiger partial charge in [-0.3, -0.25) is 4.68 Å². The number of anilines is 1. The first-order chi connectivity index (χ1) is 7.66. The highest BCUT2D eigenvalue weighted by molar-refractivity contribution is 6.31. The van der Waals surface area contributed by atoms with Crippen LogP contribution in [-0.2, 0) is 13.6 Å². The predicted molar refractivity (Wildman–Crippen MR) is 66.7 cm³/mol. The van der Waals surface area contributed by atoms with Gasteiger partial charge in [-0.2, -0.15) is 5.10 Å². The highest BCUT2D eigenvalue weighted by Crippen LogP contribution is 2.20. The summed E-state index contributed by atoms with van der Waals surface area (Å²) in [6.07, 6.45) is 1.79. The molecule has 0 aliphatic heterocycles. The second-order valence-corrected chi connectivity index (χ2v) is 4.17. The molecule has 1 heterocycles. The SMILES string of the molecule is Cc1ccc(NCc2ccnn2C)cc1Cl. The molecule has 1 aromatic heterocycles. The van der Waals surface area contributed by atoms with Gasteiger partial charge in [0.1, 0.15) is 0 Å². The van der Waals surface area contributed by atoms with Crippen molar-refractivity contribution in [1.82, 2.24) is 9.78 Å². The first-order valence-electron chi connectivity index (χ1n) is 5.14. The Morgan fingerprint density at radius 3 is 2.81 bits per heavy atom. The summed E-state index contributed by atoms with van der Waals surface area (Å²) < 4.78 is 1.85. The molecule has 1 aromatic carbocycles. The van der Waals surface area contributed by atoms with Gasteiger partial charge in [0.15, 0.2) is 0 Å². The first kappa shape index (κ1) is 11.0. The Hall–Kier alpha value is -1.48. The number of aryl methyl sites for hydroxylation is 2. The van der Waals surface area contributed by atoms with Crippen LogP contribution < -0.4 is 5.32 Å². The lowest BCUT2D eigenvalue weighted by atomic mass is 10.2. The summed E-state index contributed by atoms with van der Waals surface area (Å²) in [7, 11) is 1.93. The van der Waals surface area contributed by atoms with E-state index in [-0.39, 0.29) is 0 Å². The van der Waals surface area contributed by atoms with Crippen LogP contribution in [0.5, 0.6) is 0 Å². The minimum atomic E-state index is 0.746. The minimum Gasteiger partial charge on any atom is -0.379 e. The number of nitrogens with zero attached hydrogens (tertiary/aromatic N) is 2. The van der Waals surface area contributed by atoms with Crippen molar-refractivity contribution in [3.8, 4) is 0 Å². The van der Waals surface area contributed by atoms with Gasteiger partial charge in [0.2, 0.25) is 0 Å². The molecule has 0 unspecified atom stereocenters. The first-order valence-corrected chi connectivity index (χ1v) is 5.51. The van der Waals surface area contributed by atoms with Crippen LogP contribution in [0, 0.1) is 6.92 Å². The molecule has 0 saturated carbocycles. The van der Waals surface area contributed by atoms with E-state index in [0.29, 0.717) is 0 Å². The largest absolute Gasteiger partial charge is 0.379 e. The Balaban J connectivity index is 2.05. The van der Waals surface area contributed by atoms with E-state index < -0.39 is 0 Å². The molecular weight excluding hydrogens is 222 g/mol. The Labute approximate surface area is 100 Å². The maximum Gasteiger partial charge on any atom is 0.0571 e. The van der Waals surface area contributed by atoms with E-state index in [1.54, 1.807) is 6.20 Å². The molecule has 0 amide bonds. The van der Waals surface area contributed by atoms with Crippen molar-refractivity contribution in [3.05, 3.63) is 46.7 Å². The Morgan fingerprint density at radius 2 is 2.19 bits per heavy atom. The molecule has 0 aliphatic carbocycles. The third kappa shape index (κ3) is 2.36. The van der Waals surface area contributed by atoms with Gasteiger partial charge in [-0.05, 0) is 30.7 Å². The molecule has 2 rings (SSSR count). The number of hydrogen-bond acceptors (Lipinski definition) is 2. The maximum atomic E-state index is 6.05. The number of benzene rings is 1. The fourth-order valence-corrected chi connectivity index (χ4v) is 1.65. The average molecular weight is 236 g/mol. The smallest absolute Gasteiger partial charge is 0.0571 e. The zero-order chi connectivity index (χ0) is 11.5. The van der Waals surface area contributed by atoms with Crippen molar-refractivity contribution in [2.24, 2.45) is 7.05 Å². The van der Waals surface area contributed by atoms with Crippen LogP contribution in [0.2, 0.25) is 5.02 Å². The molecule has 3 nitrogen and oxygen atoms in total. The molecule has 2 aromatic rings. The Kier molecular flexibility index (Phi) is 3.15. The molecule has 0 spiro atoms. The molecule has 16 heavy (non-hydrogen) atoms. The van der Waals surface area contributed by atoms with Gasteiger partial charge in [-0.1, -0.05) is 17.7 Å². The Morgan fingerprint density at radius 1 is 1.38 bits per heavy atom. The molecule has 4 heteroatoms. The van der Waals surface area contributed by atoms with Crippen LogP contribution in [0.1, 0.15) is 11.3 Å². The van der Waals surface area contributed by atoms with E-state index in [2.05, 4.69) is 10.4 Å². The van der Waals surface area contributed by atoms with Crippen molar-refractivity contribution < 1.29 is 0 Å².